The summed E-state index contributed by atoms with van der Waals surface area (Å²) in [5, 5.41) is 0. The molecule has 1 saturated heterocycles. The number of amides is 1. The van der Waals surface area contributed by atoms with Gasteiger partial charge in [-0.1, -0.05) is 6.07 Å². The van der Waals surface area contributed by atoms with E-state index in [-0.39, 0.29) is 29.3 Å². The quantitative estimate of drug-likeness (QED) is 0.580. The Kier molecular flexibility index (Phi) is 6.55. The highest BCUT2D eigenvalue weighted by atomic mass is 32.2. The van der Waals surface area contributed by atoms with Crippen LogP contribution in [-0.2, 0) is 25.9 Å². The minimum Gasteiger partial charge on any atom is -0.495 e. The minimum atomic E-state index is -4.68. The van der Waals surface area contributed by atoms with Gasteiger partial charge < -0.3 is 9.64 Å². The second-order valence-corrected chi connectivity index (χ2v) is 13.2. The first-order valence-corrected chi connectivity index (χ1v) is 13.5. The second-order valence-electron chi connectivity index (χ2n) is 8.68. The van der Waals surface area contributed by atoms with Crippen molar-refractivity contribution in [2.24, 2.45) is 5.92 Å². The van der Waals surface area contributed by atoms with Crippen molar-refractivity contribution >= 4 is 25.6 Å². The van der Waals surface area contributed by atoms with E-state index in [4.69, 9.17) is 4.74 Å². The number of carbonyl (C=O) groups is 1. The molecule has 1 aliphatic heterocycles. The van der Waals surface area contributed by atoms with Crippen molar-refractivity contribution in [3.05, 3.63) is 53.6 Å². The van der Waals surface area contributed by atoms with Crippen LogP contribution in [0.5, 0.6) is 5.75 Å². The van der Waals surface area contributed by atoms with Gasteiger partial charge in [0.05, 0.1) is 22.3 Å². The molecule has 34 heavy (non-hydrogen) atoms. The third kappa shape index (κ3) is 4.65. The molecule has 0 bridgehead atoms. The predicted molar refractivity (Wildman–Crippen MR) is 118 cm³/mol. The van der Waals surface area contributed by atoms with Gasteiger partial charge in [0.2, 0.25) is 0 Å². The number of sulfone groups is 2. The lowest BCUT2D eigenvalue weighted by Crippen LogP contribution is -2.59. The van der Waals surface area contributed by atoms with Crippen LogP contribution in [0.2, 0.25) is 0 Å². The van der Waals surface area contributed by atoms with Crippen LogP contribution in [0.4, 0.5) is 13.2 Å². The van der Waals surface area contributed by atoms with E-state index in [1.165, 1.54) is 44.1 Å². The Hall–Kier alpha value is -2.60. The fourth-order valence-electron chi connectivity index (χ4n) is 3.73. The number of ether oxygens (including phenoxy) is 1. The van der Waals surface area contributed by atoms with Crippen molar-refractivity contribution in [1.82, 2.24) is 4.90 Å². The number of nitrogens with zero attached hydrogens (tertiary/aromatic N) is 1. The Labute approximate surface area is 196 Å². The zero-order valence-electron chi connectivity index (χ0n) is 18.9. The second kappa shape index (κ2) is 8.56. The number of hydrogen-bond donors (Lipinski definition) is 0. The first-order valence-electron chi connectivity index (χ1n) is 10.1. The highest BCUT2D eigenvalue weighted by molar-refractivity contribution is 7.92. The Morgan fingerprint density at radius 1 is 1.03 bits per heavy atom. The summed E-state index contributed by atoms with van der Waals surface area (Å²) in [4.78, 5) is 13.6. The smallest absolute Gasteiger partial charge is 0.416 e. The van der Waals surface area contributed by atoms with Crippen LogP contribution < -0.4 is 4.74 Å². The topological polar surface area (TPSA) is 97.8 Å². The lowest BCUT2D eigenvalue weighted by atomic mass is 9.87. The van der Waals surface area contributed by atoms with Gasteiger partial charge in [-0.15, -0.1) is 0 Å². The highest BCUT2D eigenvalue weighted by Gasteiger charge is 2.49. The van der Waals surface area contributed by atoms with Gasteiger partial charge in [-0.3, -0.25) is 4.79 Å². The molecule has 0 spiro atoms. The fourth-order valence-corrected chi connectivity index (χ4v) is 6.32. The summed E-state index contributed by atoms with van der Waals surface area (Å²) in [6.45, 7) is 2.93. The normalized spacial score (nSPS) is 15.7. The monoisotopic (exact) mass is 519 g/mol. The Morgan fingerprint density at radius 3 is 2.18 bits per heavy atom. The van der Waals surface area contributed by atoms with E-state index in [9.17, 15) is 34.8 Å². The van der Waals surface area contributed by atoms with Crippen LogP contribution in [0.1, 0.15) is 29.8 Å². The average Bonchev–Trinajstić information content (AvgIpc) is 2.70. The number of methoxy groups -OCH3 is 1. The largest absolute Gasteiger partial charge is 0.495 e. The van der Waals surface area contributed by atoms with Gasteiger partial charge in [0.15, 0.2) is 19.7 Å². The average molecular weight is 520 g/mol. The lowest BCUT2D eigenvalue weighted by molar-refractivity contribution is -0.137. The number of alkyl halides is 3. The molecule has 1 amide bonds. The number of hydrogen-bond acceptors (Lipinski definition) is 6. The predicted octanol–water partition coefficient (Wildman–Crippen LogP) is 3.44. The Balaban J connectivity index is 1.81. The third-order valence-electron chi connectivity index (χ3n) is 6.13. The maximum atomic E-state index is 13.2. The van der Waals surface area contributed by atoms with Gasteiger partial charge in [-0.05, 0) is 50.2 Å². The molecule has 0 saturated carbocycles. The molecule has 0 atom stereocenters. The van der Waals surface area contributed by atoms with E-state index < -0.39 is 52.9 Å². The molecule has 0 aromatic heterocycles. The molecule has 1 aliphatic rings. The van der Waals surface area contributed by atoms with Crippen LogP contribution in [0, 0.1) is 5.92 Å². The molecule has 12 heteroatoms. The number of carbonyl (C=O) groups excluding carboxylic acids is 1. The van der Waals surface area contributed by atoms with E-state index in [1.807, 2.05) is 0 Å². The Morgan fingerprint density at radius 2 is 1.65 bits per heavy atom. The van der Waals surface area contributed by atoms with Gasteiger partial charge in [-0.25, -0.2) is 16.8 Å². The van der Waals surface area contributed by atoms with E-state index >= 15 is 0 Å². The standard InChI is InChI=1S/C22H24F3NO6S2/c1-21(2,34(30,31)17-7-5-6-15(11-17)22(23,24)25)16-12-26(13-16)20(27)14-8-9-18(32-3)19(10-14)33(4,28)29/h5-11,16H,12-13H2,1-4H3. The van der Waals surface area contributed by atoms with Crippen LogP contribution in [-0.4, -0.2) is 58.8 Å². The van der Waals surface area contributed by atoms with Crippen LogP contribution >= 0.6 is 0 Å². The molecule has 1 heterocycles. The van der Waals surface area contributed by atoms with E-state index in [2.05, 4.69) is 0 Å². The summed E-state index contributed by atoms with van der Waals surface area (Å²) < 4.78 is 93.2. The molecule has 7 nitrogen and oxygen atoms in total. The molecule has 0 aliphatic carbocycles. The van der Waals surface area contributed by atoms with Crippen LogP contribution in [0.15, 0.2) is 52.3 Å². The first-order chi connectivity index (χ1) is 15.5. The highest BCUT2D eigenvalue weighted by Crippen LogP contribution is 2.39. The number of benzene rings is 2. The van der Waals surface area contributed by atoms with E-state index in [1.54, 1.807) is 0 Å². The maximum Gasteiger partial charge on any atom is 0.416 e. The molecule has 0 radical (unpaired) electrons. The summed E-state index contributed by atoms with van der Waals surface area (Å²) in [6.07, 6.45) is -3.70. The summed E-state index contributed by atoms with van der Waals surface area (Å²) in [6, 6.07) is 7.56. The molecular weight excluding hydrogens is 495 g/mol. The van der Waals surface area contributed by atoms with Gasteiger partial charge in [-0.2, -0.15) is 13.2 Å². The molecule has 2 aromatic carbocycles. The van der Waals surface area contributed by atoms with Crippen molar-refractivity contribution < 1.29 is 39.5 Å². The maximum absolute atomic E-state index is 13.2. The van der Waals surface area contributed by atoms with Gasteiger partial charge >= 0.3 is 6.18 Å². The summed E-state index contributed by atoms with van der Waals surface area (Å²) in [7, 11) is -6.53. The van der Waals surface area contributed by atoms with Crippen molar-refractivity contribution in [3.63, 3.8) is 0 Å². The van der Waals surface area contributed by atoms with Crippen LogP contribution in [0.3, 0.4) is 0 Å². The Bertz CT molecular complexity index is 1330. The zero-order chi connectivity index (χ0) is 25.7. The SMILES string of the molecule is COc1ccc(C(=O)N2CC(C(C)(C)S(=O)(=O)c3cccc(C(F)(F)F)c3)C2)cc1S(C)(=O)=O. The van der Waals surface area contributed by atoms with Gasteiger partial charge in [0.25, 0.3) is 5.91 Å². The molecular formula is C22H24F3NO6S2. The first kappa shape index (κ1) is 26.0. The summed E-state index contributed by atoms with van der Waals surface area (Å²) in [5.74, 6) is -0.937. The third-order valence-corrected chi connectivity index (χ3v) is 9.84. The molecule has 3 rings (SSSR count). The minimum absolute atomic E-state index is 0.0459. The van der Waals surface area contributed by atoms with Crippen molar-refractivity contribution in [1.29, 1.82) is 0 Å². The van der Waals surface area contributed by atoms with Gasteiger partial charge in [0.1, 0.15) is 10.6 Å². The molecule has 1 fully saturated rings. The lowest BCUT2D eigenvalue weighted by Gasteiger charge is -2.47. The van der Waals surface area contributed by atoms with Crippen LogP contribution in [0.25, 0.3) is 0 Å². The number of likely N-dealkylation sites (tertiary alicyclic amines) is 1. The zero-order valence-corrected chi connectivity index (χ0v) is 20.5. The molecule has 0 unspecified atom stereocenters. The number of rotatable bonds is 6. The summed E-state index contributed by atoms with van der Waals surface area (Å²) in [5.41, 5.74) is -0.964. The van der Waals surface area contributed by atoms with Gasteiger partial charge in [0, 0.05) is 30.8 Å². The fraction of sp³-hybridized carbons (Fsp3) is 0.409. The summed E-state index contributed by atoms with van der Waals surface area (Å²) >= 11 is 0. The molecule has 2 aromatic rings. The van der Waals surface area contributed by atoms with Crippen molar-refractivity contribution in [2.45, 2.75) is 34.6 Å². The number of halogens is 3. The molecule has 186 valence electrons. The van der Waals surface area contributed by atoms with Crippen molar-refractivity contribution in [2.75, 3.05) is 26.5 Å². The van der Waals surface area contributed by atoms with E-state index in [0.717, 1.165) is 24.5 Å². The molecule has 0 N–H and O–H groups in total. The van der Waals surface area contributed by atoms with Crippen molar-refractivity contribution in [3.8, 4) is 5.75 Å². The van der Waals surface area contributed by atoms with E-state index in [0.29, 0.717) is 6.07 Å².